The van der Waals surface area contributed by atoms with Crippen molar-refractivity contribution in [1.82, 2.24) is 20.0 Å². The third-order valence-electron chi connectivity index (χ3n) is 5.74. The number of piperazine rings is 2. The highest BCUT2D eigenvalue weighted by Gasteiger charge is 2.24. The van der Waals surface area contributed by atoms with Gasteiger partial charge in [-0.3, -0.25) is 9.69 Å². The molecular weight excluding hydrogens is 495 g/mol. The summed E-state index contributed by atoms with van der Waals surface area (Å²) in [7, 11) is 0. The molecule has 0 atom stereocenters. The molecular formula is C21H27IN6O2. The lowest BCUT2D eigenvalue weighted by Crippen LogP contribution is -2.49. The molecule has 9 heteroatoms. The maximum absolute atomic E-state index is 12.8. The number of aliphatic hydroxyl groups excluding tert-OH is 1. The van der Waals surface area contributed by atoms with Crippen molar-refractivity contribution in [1.29, 1.82) is 0 Å². The van der Waals surface area contributed by atoms with E-state index in [-0.39, 0.29) is 12.5 Å². The van der Waals surface area contributed by atoms with E-state index < -0.39 is 0 Å². The summed E-state index contributed by atoms with van der Waals surface area (Å²) in [6.07, 6.45) is 0. The molecule has 160 valence electrons. The smallest absolute Gasteiger partial charge is 0.255 e. The number of amides is 1. The highest BCUT2D eigenvalue weighted by Crippen LogP contribution is 2.20. The molecule has 2 fully saturated rings. The number of rotatable bonds is 5. The van der Waals surface area contributed by atoms with Crippen molar-refractivity contribution in [2.75, 3.05) is 75.3 Å². The number of carbonyl (C=O) groups is 1. The van der Waals surface area contributed by atoms with Crippen molar-refractivity contribution >= 4 is 40.1 Å². The predicted octanol–water partition coefficient (Wildman–Crippen LogP) is 1.16. The molecule has 2 aliphatic rings. The zero-order valence-corrected chi connectivity index (χ0v) is 19.1. The summed E-state index contributed by atoms with van der Waals surface area (Å²) in [5.74, 6) is 1.86. The molecule has 1 aromatic heterocycles. The Morgan fingerprint density at radius 2 is 1.43 bits per heavy atom. The average Bonchev–Trinajstić information content (AvgIpc) is 2.80. The summed E-state index contributed by atoms with van der Waals surface area (Å²) in [6, 6.07) is 11.8. The summed E-state index contributed by atoms with van der Waals surface area (Å²) in [4.78, 5) is 21.4. The predicted molar refractivity (Wildman–Crippen MR) is 125 cm³/mol. The SMILES string of the molecule is O=C(c1ccccc1I)N1CCN(c2ccc(N3CCN(CCO)CC3)nn2)CC1. The number of anilines is 2. The molecule has 0 bridgehead atoms. The van der Waals surface area contributed by atoms with E-state index in [1.54, 1.807) is 0 Å². The van der Waals surface area contributed by atoms with Crippen LogP contribution in [0.15, 0.2) is 36.4 Å². The molecule has 0 aliphatic carbocycles. The lowest BCUT2D eigenvalue weighted by molar-refractivity contribution is 0.0745. The van der Waals surface area contributed by atoms with Crippen LogP contribution in [0.3, 0.4) is 0 Å². The Balaban J connectivity index is 1.31. The number of aliphatic hydroxyl groups is 1. The average molecular weight is 522 g/mol. The van der Waals surface area contributed by atoms with Gasteiger partial charge in [-0.2, -0.15) is 0 Å². The molecule has 2 aromatic rings. The van der Waals surface area contributed by atoms with Crippen molar-refractivity contribution < 1.29 is 9.90 Å². The number of hydrogen-bond acceptors (Lipinski definition) is 7. The van der Waals surface area contributed by atoms with Crippen LogP contribution in [0.25, 0.3) is 0 Å². The minimum Gasteiger partial charge on any atom is -0.395 e. The summed E-state index contributed by atoms with van der Waals surface area (Å²) >= 11 is 2.22. The van der Waals surface area contributed by atoms with Crippen LogP contribution in [0.1, 0.15) is 10.4 Å². The Labute approximate surface area is 190 Å². The normalized spacial score (nSPS) is 18.0. The van der Waals surface area contributed by atoms with Gasteiger partial charge < -0.3 is 19.8 Å². The van der Waals surface area contributed by atoms with E-state index in [1.807, 2.05) is 41.3 Å². The topological polar surface area (TPSA) is 76.0 Å². The number of carbonyl (C=O) groups excluding carboxylic acids is 1. The molecule has 8 nitrogen and oxygen atoms in total. The van der Waals surface area contributed by atoms with Gasteiger partial charge >= 0.3 is 0 Å². The molecule has 2 saturated heterocycles. The number of aromatic nitrogens is 2. The van der Waals surface area contributed by atoms with Crippen molar-refractivity contribution in [3.8, 4) is 0 Å². The summed E-state index contributed by atoms with van der Waals surface area (Å²) in [5, 5.41) is 18.0. The van der Waals surface area contributed by atoms with Gasteiger partial charge in [0.05, 0.1) is 12.2 Å². The number of halogens is 1. The minimum atomic E-state index is 0.0985. The molecule has 4 rings (SSSR count). The zero-order valence-electron chi connectivity index (χ0n) is 17.0. The van der Waals surface area contributed by atoms with Gasteiger partial charge in [-0.15, -0.1) is 10.2 Å². The monoisotopic (exact) mass is 522 g/mol. The molecule has 1 amide bonds. The third kappa shape index (κ3) is 4.84. The van der Waals surface area contributed by atoms with Gasteiger partial charge in [-0.1, -0.05) is 12.1 Å². The Hall–Kier alpha value is -1.98. The lowest BCUT2D eigenvalue weighted by atomic mass is 10.2. The highest BCUT2D eigenvalue weighted by atomic mass is 127. The summed E-state index contributed by atoms with van der Waals surface area (Å²) in [6.45, 7) is 7.46. The first-order chi connectivity index (χ1) is 14.7. The Morgan fingerprint density at radius 1 is 0.867 bits per heavy atom. The Kier molecular flexibility index (Phi) is 7.00. The molecule has 1 N–H and O–H groups in total. The van der Waals surface area contributed by atoms with E-state index in [0.29, 0.717) is 13.1 Å². The second-order valence-electron chi connectivity index (χ2n) is 7.56. The molecule has 0 spiro atoms. The van der Waals surface area contributed by atoms with Crippen LogP contribution in [0.5, 0.6) is 0 Å². The van der Waals surface area contributed by atoms with Crippen LogP contribution in [-0.2, 0) is 0 Å². The van der Waals surface area contributed by atoms with Crippen LogP contribution < -0.4 is 9.80 Å². The van der Waals surface area contributed by atoms with Gasteiger partial charge in [0.25, 0.3) is 5.91 Å². The fourth-order valence-electron chi connectivity index (χ4n) is 3.94. The van der Waals surface area contributed by atoms with Gasteiger partial charge in [0.1, 0.15) is 0 Å². The molecule has 30 heavy (non-hydrogen) atoms. The first-order valence-electron chi connectivity index (χ1n) is 10.4. The van der Waals surface area contributed by atoms with Crippen molar-refractivity contribution in [2.45, 2.75) is 0 Å². The quantitative estimate of drug-likeness (QED) is 0.591. The summed E-state index contributed by atoms with van der Waals surface area (Å²) in [5.41, 5.74) is 0.773. The molecule has 0 unspecified atom stereocenters. The first-order valence-corrected chi connectivity index (χ1v) is 11.4. The van der Waals surface area contributed by atoms with E-state index in [0.717, 1.165) is 66.6 Å². The zero-order chi connectivity index (χ0) is 20.9. The Bertz CT molecular complexity index is 849. The van der Waals surface area contributed by atoms with Crippen molar-refractivity contribution in [3.05, 3.63) is 45.5 Å². The molecule has 2 aliphatic heterocycles. The molecule has 1 aromatic carbocycles. The van der Waals surface area contributed by atoms with Crippen molar-refractivity contribution in [2.24, 2.45) is 0 Å². The van der Waals surface area contributed by atoms with Gasteiger partial charge in [-0.05, 0) is 46.9 Å². The van der Waals surface area contributed by atoms with Gasteiger partial charge in [0.15, 0.2) is 11.6 Å². The van der Waals surface area contributed by atoms with Crippen LogP contribution in [-0.4, -0.2) is 96.5 Å². The minimum absolute atomic E-state index is 0.0985. The highest BCUT2D eigenvalue weighted by molar-refractivity contribution is 14.1. The van der Waals surface area contributed by atoms with Crippen LogP contribution >= 0.6 is 22.6 Å². The van der Waals surface area contributed by atoms with Gasteiger partial charge in [0.2, 0.25) is 0 Å². The third-order valence-corrected chi connectivity index (χ3v) is 6.68. The van der Waals surface area contributed by atoms with Crippen LogP contribution in [0.4, 0.5) is 11.6 Å². The standard InChI is InChI=1S/C21H27IN6O2/c22-18-4-2-1-3-17(18)21(30)28-13-11-27(12-14-28)20-6-5-19(23-24-20)26-9-7-25(8-10-26)15-16-29/h1-6,29H,7-16H2. The molecule has 0 saturated carbocycles. The number of benzene rings is 1. The lowest BCUT2D eigenvalue weighted by Gasteiger charge is -2.36. The van der Waals surface area contributed by atoms with Gasteiger partial charge in [-0.25, -0.2) is 0 Å². The number of β-amino-alcohol motifs (C(OH)–C–C–N with tert-alkyl or cyclic N) is 1. The Morgan fingerprint density at radius 3 is 1.97 bits per heavy atom. The van der Waals surface area contributed by atoms with E-state index >= 15 is 0 Å². The summed E-state index contributed by atoms with van der Waals surface area (Å²) < 4.78 is 0.987. The number of nitrogens with zero attached hydrogens (tertiary/aromatic N) is 6. The van der Waals surface area contributed by atoms with Gasteiger partial charge in [0, 0.05) is 62.5 Å². The molecule has 3 heterocycles. The molecule has 0 radical (unpaired) electrons. The van der Waals surface area contributed by atoms with Crippen molar-refractivity contribution in [3.63, 3.8) is 0 Å². The van der Waals surface area contributed by atoms with Crippen LogP contribution in [0, 0.1) is 3.57 Å². The fraction of sp³-hybridized carbons (Fsp3) is 0.476. The van der Waals surface area contributed by atoms with Crippen LogP contribution in [0.2, 0.25) is 0 Å². The first kappa shape index (κ1) is 21.3. The maximum Gasteiger partial charge on any atom is 0.255 e. The maximum atomic E-state index is 12.8. The van der Waals surface area contributed by atoms with E-state index in [9.17, 15) is 4.79 Å². The largest absolute Gasteiger partial charge is 0.395 e. The van der Waals surface area contributed by atoms with E-state index in [1.165, 1.54) is 0 Å². The van der Waals surface area contributed by atoms with E-state index in [4.69, 9.17) is 5.11 Å². The fourth-order valence-corrected chi connectivity index (χ4v) is 4.56. The second kappa shape index (κ2) is 9.88. The number of hydrogen-bond donors (Lipinski definition) is 1. The second-order valence-corrected chi connectivity index (χ2v) is 8.72. The van der Waals surface area contributed by atoms with E-state index in [2.05, 4.69) is 47.5 Å².